The summed E-state index contributed by atoms with van der Waals surface area (Å²) in [5.74, 6) is 2.76. The van der Waals surface area contributed by atoms with Crippen molar-refractivity contribution in [3.8, 4) is 0 Å². The molecule has 1 aliphatic carbocycles. The smallest absolute Gasteiger partial charge is 0.0741 e. The summed E-state index contributed by atoms with van der Waals surface area (Å²) in [5.41, 5.74) is 0.0976. The molecule has 0 aromatic heterocycles. The van der Waals surface area contributed by atoms with E-state index in [0.29, 0.717) is 0 Å². The van der Waals surface area contributed by atoms with Gasteiger partial charge in [-0.15, -0.1) is 0 Å². The minimum atomic E-state index is -0.0106. The van der Waals surface area contributed by atoms with Crippen LogP contribution in [0.25, 0.3) is 0 Å². The number of fused-ring (bicyclic) bond motifs is 4. The quantitative estimate of drug-likeness (QED) is 0.801. The fourth-order valence-corrected chi connectivity index (χ4v) is 4.91. The molecule has 0 amide bonds. The summed E-state index contributed by atoms with van der Waals surface area (Å²) >= 11 is 0. The van der Waals surface area contributed by atoms with E-state index >= 15 is 0 Å². The molecule has 2 bridgehead atoms. The third kappa shape index (κ3) is 1.53. The fraction of sp³-hybridized carbons (Fsp3) is 1.00. The van der Waals surface area contributed by atoms with Crippen molar-refractivity contribution in [2.75, 3.05) is 6.61 Å². The highest BCUT2D eigenvalue weighted by Crippen LogP contribution is 2.61. The summed E-state index contributed by atoms with van der Waals surface area (Å²) in [4.78, 5) is 0. The first-order valence-electron chi connectivity index (χ1n) is 7.32. The van der Waals surface area contributed by atoms with E-state index in [-0.39, 0.29) is 23.7 Å². The normalized spacial score (nSPS) is 54.7. The Hall–Kier alpha value is -0.0800. The molecule has 1 saturated carbocycles. The standard InChI is InChI=1S/C15H26O2/c1-10-4-5-13-12(10)8-15(11(2)9-16)7-6-14(13,3)17-15/h10-13,16H,4-9H2,1-3H3. The van der Waals surface area contributed by atoms with Crippen molar-refractivity contribution in [1.82, 2.24) is 0 Å². The lowest BCUT2D eigenvalue weighted by atomic mass is 9.72. The molecule has 0 spiro atoms. The summed E-state index contributed by atoms with van der Waals surface area (Å²) < 4.78 is 6.53. The lowest BCUT2D eigenvalue weighted by molar-refractivity contribution is -0.202. The summed E-state index contributed by atoms with van der Waals surface area (Å²) in [6, 6.07) is 0. The Morgan fingerprint density at radius 2 is 2.12 bits per heavy atom. The van der Waals surface area contributed by atoms with Crippen LogP contribution in [-0.4, -0.2) is 22.9 Å². The second kappa shape index (κ2) is 3.71. The minimum Gasteiger partial charge on any atom is -0.396 e. The molecule has 0 aromatic rings. The number of aliphatic hydroxyl groups excluding tert-OH is 1. The lowest BCUT2D eigenvalue weighted by Crippen LogP contribution is -2.51. The monoisotopic (exact) mass is 238 g/mol. The van der Waals surface area contributed by atoms with Gasteiger partial charge < -0.3 is 9.84 Å². The molecule has 3 fully saturated rings. The molecule has 1 N–H and O–H groups in total. The maximum absolute atomic E-state index is 9.51. The van der Waals surface area contributed by atoms with Gasteiger partial charge in [0.15, 0.2) is 0 Å². The van der Waals surface area contributed by atoms with Crippen LogP contribution in [-0.2, 0) is 4.74 Å². The Labute approximate surface area is 105 Å². The number of hydrogen-bond donors (Lipinski definition) is 1. The molecule has 98 valence electrons. The summed E-state index contributed by atoms with van der Waals surface area (Å²) in [6.45, 7) is 7.16. The predicted octanol–water partition coefficient (Wildman–Crippen LogP) is 2.99. The Kier molecular flexibility index (Phi) is 2.61. The molecule has 6 atom stereocenters. The van der Waals surface area contributed by atoms with E-state index < -0.39 is 0 Å². The van der Waals surface area contributed by atoms with Crippen molar-refractivity contribution < 1.29 is 9.84 Å². The van der Waals surface area contributed by atoms with E-state index in [2.05, 4.69) is 20.8 Å². The Bertz CT molecular complexity index is 316. The highest BCUT2D eigenvalue weighted by molar-refractivity contribution is 5.10. The van der Waals surface area contributed by atoms with E-state index in [1.54, 1.807) is 0 Å². The van der Waals surface area contributed by atoms with Gasteiger partial charge in [0.2, 0.25) is 0 Å². The second-order valence-corrected chi connectivity index (χ2v) is 7.09. The minimum absolute atomic E-state index is 0.0106. The Morgan fingerprint density at radius 1 is 1.35 bits per heavy atom. The SMILES string of the molecule is CC1CCC2C1CC1(C(C)CO)CCC2(C)O1. The maximum atomic E-state index is 9.51. The third-order valence-electron chi connectivity index (χ3n) is 6.20. The average Bonchev–Trinajstić information content (AvgIpc) is 2.81. The molecule has 6 unspecified atom stereocenters. The maximum Gasteiger partial charge on any atom is 0.0741 e. The molecule has 2 heteroatoms. The van der Waals surface area contributed by atoms with Crippen LogP contribution in [0.4, 0.5) is 0 Å². The third-order valence-corrected chi connectivity index (χ3v) is 6.20. The lowest BCUT2D eigenvalue weighted by Gasteiger charge is -2.49. The van der Waals surface area contributed by atoms with Gasteiger partial charge in [-0.25, -0.2) is 0 Å². The van der Waals surface area contributed by atoms with Gasteiger partial charge in [0, 0.05) is 12.5 Å². The molecule has 2 saturated heterocycles. The van der Waals surface area contributed by atoms with Crippen LogP contribution in [0.1, 0.15) is 52.9 Å². The van der Waals surface area contributed by atoms with Gasteiger partial charge in [-0.2, -0.15) is 0 Å². The topological polar surface area (TPSA) is 29.5 Å². The van der Waals surface area contributed by atoms with Crippen molar-refractivity contribution >= 4 is 0 Å². The van der Waals surface area contributed by atoms with Gasteiger partial charge >= 0.3 is 0 Å². The molecule has 2 nitrogen and oxygen atoms in total. The van der Waals surface area contributed by atoms with Gasteiger partial charge in [0.05, 0.1) is 11.2 Å². The molecule has 2 aliphatic heterocycles. The highest BCUT2D eigenvalue weighted by atomic mass is 16.5. The van der Waals surface area contributed by atoms with Crippen molar-refractivity contribution in [1.29, 1.82) is 0 Å². The van der Waals surface area contributed by atoms with Gasteiger partial charge in [0.1, 0.15) is 0 Å². The van der Waals surface area contributed by atoms with Gasteiger partial charge in [0.25, 0.3) is 0 Å². The molecule has 17 heavy (non-hydrogen) atoms. The zero-order valence-corrected chi connectivity index (χ0v) is 11.4. The van der Waals surface area contributed by atoms with E-state index in [4.69, 9.17) is 4.74 Å². The van der Waals surface area contributed by atoms with E-state index in [9.17, 15) is 5.11 Å². The van der Waals surface area contributed by atoms with Crippen molar-refractivity contribution in [2.45, 2.75) is 64.1 Å². The van der Waals surface area contributed by atoms with Crippen LogP contribution in [0, 0.1) is 23.7 Å². The predicted molar refractivity (Wildman–Crippen MR) is 67.7 cm³/mol. The largest absolute Gasteiger partial charge is 0.396 e. The number of hydrogen-bond acceptors (Lipinski definition) is 2. The molecule has 3 rings (SSSR count). The van der Waals surface area contributed by atoms with Crippen LogP contribution in [0.5, 0.6) is 0 Å². The van der Waals surface area contributed by atoms with Gasteiger partial charge in [-0.05, 0) is 50.4 Å². The zero-order valence-electron chi connectivity index (χ0n) is 11.4. The number of aliphatic hydroxyl groups is 1. The van der Waals surface area contributed by atoms with Crippen molar-refractivity contribution in [2.24, 2.45) is 23.7 Å². The van der Waals surface area contributed by atoms with Crippen molar-refractivity contribution in [3.05, 3.63) is 0 Å². The molecule has 0 radical (unpaired) electrons. The first kappa shape index (κ1) is 12.0. The zero-order chi connectivity index (χ0) is 12.3. The average molecular weight is 238 g/mol. The van der Waals surface area contributed by atoms with Crippen molar-refractivity contribution in [3.63, 3.8) is 0 Å². The van der Waals surface area contributed by atoms with Crippen LogP contribution in [0.3, 0.4) is 0 Å². The van der Waals surface area contributed by atoms with E-state index in [0.717, 1.165) is 24.2 Å². The van der Waals surface area contributed by atoms with Crippen LogP contribution >= 0.6 is 0 Å². The second-order valence-electron chi connectivity index (χ2n) is 7.09. The molecular weight excluding hydrogens is 212 g/mol. The molecule has 0 aromatic carbocycles. The van der Waals surface area contributed by atoms with Crippen LogP contribution in [0.15, 0.2) is 0 Å². The van der Waals surface area contributed by atoms with Gasteiger partial charge in [-0.1, -0.05) is 20.3 Å². The van der Waals surface area contributed by atoms with Gasteiger partial charge in [-0.3, -0.25) is 0 Å². The van der Waals surface area contributed by atoms with Crippen LogP contribution in [0.2, 0.25) is 0 Å². The summed E-state index contributed by atoms with van der Waals surface area (Å²) in [6.07, 6.45) is 6.27. The first-order valence-corrected chi connectivity index (χ1v) is 7.32. The fourth-order valence-electron chi connectivity index (χ4n) is 4.91. The summed E-state index contributed by atoms with van der Waals surface area (Å²) in [5, 5.41) is 9.51. The van der Waals surface area contributed by atoms with E-state index in [1.807, 2.05) is 0 Å². The Balaban J connectivity index is 1.92. The molecule has 3 aliphatic rings. The van der Waals surface area contributed by atoms with Crippen LogP contribution < -0.4 is 0 Å². The molecular formula is C15H26O2. The first-order chi connectivity index (χ1) is 8.01. The highest BCUT2D eigenvalue weighted by Gasteiger charge is 2.61. The number of ether oxygens (including phenoxy) is 1. The summed E-state index contributed by atoms with van der Waals surface area (Å²) in [7, 11) is 0. The molecule has 2 heterocycles. The van der Waals surface area contributed by atoms with E-state index in [1.165, 1.54) is 25.7 Å². The number of rotatable bonds is 2. The Morgan fingerprint density at radius 3 is 2.82 bits per heavy atom.